The number of aryl methyl sites for hydroxylation is 1. The van der Waals surface area contributed by atoms with Crippen molar-refractivity contribution in [2.24, 2.45) is 10.8 Å². The molecular weight excluding hydrogens is 339 g/mol. The number of nitrogens with two attached hydrogens (primary N) is 1. The molecule has 3 rings (SSSR count). The van der Waals surface area contributed by atoms with Crippen molar-refractivity contribution in [3.63, 3.8) is 0 Å². The van der Waals surface area contributed by atoms with Crippen LogP contribution >= 0.6 is 0 Å². The highest BCUT2D eigenvalue weighted by molar-refractivity contribution is 6.44. The van der Waals surface area contributed by atoms with Crippen molar-refractivity contribution in [2.45, 2.75) is 19.4 Å². The van der Waals surface area contributed by atoms with Crippen LogP contribution < -0.4 is 16.1 Å². The van der Waals surface area contributed by atoms with Crippen LogP contribution in [-0.4, -0.2) is 28.7 Å². The van der Waals surface area contributed by atoms with Crippen LogP contribution in [0.1, 0.15) is 12.0 Å². The minimum Gasteiger partial charge on any atom is -0.506 e. The smallest absolute Gasteiger partial charge is 0.272 e. The Bertz CT molecular complexity index is 896. The maximum absolute atomic E-state index is 13.1. The normalized spacial score (nSPS) is 16.3. The van der Waals surface area contributed by atoms with Crippen molar-refractivity contribution < 1.29 is 19.1 Å². The van der Waals surface area contributed by atoms with Crippen LogP contribution in [0.5, 0.6) is 5.75 Å². The van der Waals surface area contributed by atoms with Crippen LogP contribution in [0.15, 0.2) is 47.6 Å². The van der Waals surface area contributed by atoms with E-state index in [1.54, 1.807) is 12.1 Å². The maximum Gasteiger partial charge on any atom is 0.272 e. The predicted molar refractivity (Wildman–Crippen MR) is 95.4 cm³/mol. The maximum atomic E-state index is 13.1. The summed E-state index contributed by atoms with van der Waals surface area (Å²) in [6.07, 6.45) is 0.00513. The molecule has 2 aromatic rings. The summed E-state index contributed by atoms with van der Waals surface area (Å²) in [6.45, 7) is 1.81. The van der Waals surface area contributed by atoms with Crippen LogP contribution in [0.3, 0.4) is 0 Å². The van der Waals surface area contributed by atoms with Gasteiger partial charge in [0.15, 0.2) is 0 Å². The molecule has 1 unspecified atom stereocenters. The van der Waals surface area contributed by atoms with Gasteiger partial charge in [-0.25, -0.2) is 4.39 Å². The fourth-order valence-electron chi connectivity index (χ4n) is 2.64. The van der Waals surface area contributed by atoms with Gasteiger partial charge in [0, 0.05) is 6.42 Å². The lowest BCUT2D eigenvalue weighted by Crippen LogP contribution is -2.39. The number of rotatable bonds is 4. The number of amides is 2. The molecule has 0 saturated carbocycles. The van der Waals surface area contributed by atoms with Crippen molar-refractivity contribution in [1.82, 2.24) is 0 Å². The molecule has 1 atom stereocenters. The molecular formula is C18H17FN4O3. The van der Waals surface area contributed by atoms with Crippen molar-refractivity contribution >= 4 is 28.9 Å². The molecule has 26 heavy (non-hydrogen) atoms. The summed E-state index contributed by atoms with van der Waals surface area (Å²) in [5, 5.41) is 17.9. The van der Waals surface area contributed by atoms with E-state index >= 15 is 0 Å². The second kappa shape index (κ2) is 6.83. The monoisotopic (exact) mass is 356 g/mol. The molecule has 1 heterocycles. The third-order valence-electron chi connectivity index (χ3n) is 3.99. The van der Waals surface area contributed by atoms with Crippen molar-refractivity contribution in [3.05, 3.63) is 53.8 Å². The summed E-state index contributed by atoms with van der Waals surface area (Å²) in [6, 6.07) is 9.32. The molecule has 2 amide bonds. The Kier molecular flexibility index (Phi) is 4.57. The Hall–Kier alpha value is -3.42. The van der Waals surface area contributed by atoms with Gasteiger partial charge in [-0.3, -0.25) is 14.6 Å². The van der Waals surface area contributed by atoms with E-state index in [0.29, 0.717) is 5.69 Å². The summed E-state index contributed by atoms with van der Waals surface area (Å²) in [7, 11) is 0. The number of hydrazone groups is 1. The van der Waals surface area contributed by atoms with Gasteiger partial charge >= 0.3 is 0 Å². The molecule has 0 radical (unpaired) electrons. The second-order valence-electron chi connectivity index (χ2n) is 5.96. The van der Waals surface area contributed by atoms with Gasteiger partial charge in [0.05, 0.1) is 11.4 Å². The Morgan fingerprint density at radius 3 is 2.58 bits per heavy atom. The molecule has 1 aliphatic rings. The van der Waals surface area contributed by atoms with E-state index < -0.39 is 23.7 Å². The van der Waals surface area contributed by atoms with E-state index in [9.17, 15) is 19.1 Å². The van der Waals surface area contributed by atoms with Gasteiger partial charge in [-0.05, 0) is 48.9 Å². The summed E-state index contributed by atoms with van der Waals surface area (Å²) < 4.78 is 13.1. The Morgan fingerprint density at radius 2 is 1.96 bits per heavy atom. The molecule has 0 saturated heterocycles. The zero-order valence-electron chi connectivity index (χ0n) is 13.9. The number of nitrogens with zero attached hydrogens (tertiary/aromatic N) is 2. The number of anilines is 2. The quantitative estimate of drug-likeness (QED) is 0.727. The molecule has 0 aliphatic carbocycles. The number of phenolic OH excluding ortho intramolecular Hbond substituents is 1. The third kappa shape index (κ3) is 3.49. The Balaban J connectivity index is 1.84. The highest BCUT2D eigenvalue weighted by Crippen LogP contribution is 2.27. The minimum atomic E-state index is -0.854. The van der Waals surface area contributed by atoms with Gasteiger partial charge in [0.1, 0.15) is 23.3 Å². The summed E-state index contributed by atoms with van der Waals surface area (Å²) in [5.41, 5.74) is 7.01. The first-order valence-corrected chi connectivity index (χ1v) is 7.87. The molecule has 0 aromatic heterocycles. The topological polar surface area (TPSA) is 108 Å². The van der Waals surface area contributed by atoms with Crippen LogP contribution in [0.25, 0.3) is 0 Å². The highest BCUT2D eigenvalue weighted by Gasteiger charge is 2.35. The first-order chi connectivity index (χ1) is 12.3. The number of hydrogen-bond donors (Lipinski definition) is 3. The number of carbonyl (C=O) groups excluding carboxylic acids is 2. The van der Waals surface area contributed by atoms with E-state index in [2.05, 4.69) is 10.4 Å². The van der Waals surface area contributed by atoms with Gasteiger partial charge in [-0.2, -0.15) is 5.10 Å². The van der Waals surface area contributed by atoms with Crippen molar-refractivity contribution in [2.75, 3.05) is 10.3 Å². The van der Waals surface area contributed by atoms with Crippen molar-refractivity contribution in [1.29, 1.82) is 0 Å². The molecule has 2 aromatic carbocycles. The number of benzene rings is 2. The molecule has 4 N–H and O–H groups in total. The van der Waals surface area contributed by atoms with E-state index in [4.69, 9.17) is 5.73 Å². The zero-order valence-corrected chi connectivity index (χ0v) is 13.9. The summed E-state index contributed by atoms with van der Waals surface area (Å²) in [4.78, 5) is 24.2. The second-order valence-corrected chi connectivity index (χ2v) is 5.96. The minimum absolute atomic E-state index is 0.00513. The predicted octanol–water partition coefficient (Wildman–Crippen LogP) is 1.90. The molecule has 134 valence electrons. The average Bonchev–Trinajstić information content (AvgIpc) is 3.04. The molecule has 0 fully saturated rings. The standard InChI is InChI=1S/C18H17FN4O3/c1-10-2-7-13(16(24)8-10)21-18(26)14-9-15(17(20)25)23(22-14)12-5-3-11(19)4-6-12/h2-8,15,24H,9H2,1H3,(H2,20,25)(H,21,26). The lowest BCUT2D eigenvalue weighted by Gasteiger charge is -2.20. The number of hydrogen-bond acceptors (Lipinski definition) is 5. The zero-order chi connectivity index (χ0) is 18.8. The Labute approximate surface area is 148 Å². The number of phenols is 1. The number of primary amides is 1. The fourth-order valence-corrected chi connectivity index (χ4v) is 2.64. The molecule has 8 heteroatoms. The first kappa shape index (κ1) is 17.4. The van der Waals surface area contributed by atoms with Gasteiger partial charge in [-0.15, -0.1) is 0 Å². The van der Waals surface area contributed by atoms with Gasteiger partial charge in [0.25, 0.3) is 5.91 Å². The largest absolute Gasteiger partial charge is 0.506 e. The molecule has 1 aliphatic heterocycles. The fraction of sp³-hybridized carbons (Fsp3) is 0.167. The van der Waals surface area contributed by atoms with Crippen LogP contribution in [0.2, 0.25) is 0 Å². The third-order valence-corrected chi connectivity index (χ3v) is 3.99. The van der Waals surface area contributed by atoms with Crippen LogP contribution in [0, 0.1) is 12.7 Å². The number of nitrogens with one attached hydrogen (secondary N) is 1. The van der Waals surface area contributed by atoms with E-state index in [1.165, 1.54) is 35.3 Å². The SMILES string of the molecule is Cc1ccc(NC(=O)C2=NN(c3ccc(F)cc3)C(C(N)=O)C2)c(O)c1. The molecule has 7 nitrogen and oxygen atoms in total. The number of halogens is 1. The summed E-state index contributed by atoms with van der Waals surface area (Å²) in [5.74, 6) is -1.71. The van der Waals surface area contributed by atoms with Crippen LogP contribution in [-0.2, 0) is 9.59 Å². The summed E-state index contributed by atoms with van der Waals surface area (Å²) >= 11 is 0. The van der Waals surface area contributed by atoms with Gasteiger partial charge < -0.3 is 16.2 Å². The first-order valence-electron chi connectivity index (χ1n) is 7.87. The van der Waals surface area contributed by atoms with E-state index in [-0.39, 0.29) is 23.6 Å². The van der Waals surface area contributed by atoms with E-state index in [1.807, 2.05) is 6.92 Å². The van der Waals surface area contributed by atoms with Crippen LogP contribution in [0.4, 0.5) is 15.8 Å². The average molecular weight is 356 g/mol. The van der Waals surface area contributed by atoms with E-state index in [0.717, 1.165) is 5.56 Å². The lowest BCUT2D eigenvalue weighted by atomic mass is 10.1. The lowest BCUT2D eigenvalue weighted by molar-refractivity contribution is -0.119. The number of carbonyl (C=O) groups is 2. The number of aromatic hydroxyl groups is 1. The molecule has 0 spiro atoms. The van der Waals surface area contributed by atoms with Crippen molar-refractivity contribution in [3.8, 4) is 5.75 Å². The van der Waals surface area contributed by atoms with Gasteiger partial charge in [-0.1, -0.05) is 6.07 Å². The Morgan fingerprint density at radius 1 is 1.27 bits per heavy atom. The van der Waals surface area contributed by atoms with Gasteiger partial charge in [0.2, 0.25) is 5.91 Å². The molecule has 0 bridgehead atoms. The highest BCUT2D eigenvalue weighted by atomic mass is 19.1.